The van der Waals surface area contributed by atoms with Crippen LogP contribution in [0.3, 0.4) is 0 Å². The molecule has 114 valence electrons. The van der Waals surface area contributed by atoms with Crippen LogP contribution in [0.25, 0.3) is 0 Å². The standard InChI is InChI=1S/C11H25N3O4S/c1-10(2)13-11(15)12-6-8-14(19(4,16)17)7-5-9-18-3/h10H,5-9H2,1-4H3,(H2,12,13,15). The van der Waals surface area contributed by atoms with Crippen molar-refractivity contribution in [3.05, 3.63) is 0 Å². The predicted octanol–water partition coefficient (Wildman–Crippen LogP) is -0.00790. The Labute approximate surface area is 115 Å². The van der Waals surface area contributed by atoms with Crippen molar-refractivity contribution in [2.45, 2.75) is 26.3 Å². The van der Waals surface area contributed by atoms with Gasteiger partial charge in [0.2, 0.25) is 10.0 Å². The van der Waals surface area contributed by atoms with Crippen molar-refractivity contribution in [3.63, 3.8) is 0 Å². The van der Waals surface area contributed by atoms with Gasteiger partial charge in [-0.3, -0.25) is 0 Å². The second-order valence-electron chi connectivity index (χ2n) is 4.56. The highest BCUT2D eigenvalue weighted by molar-refractivity contribution is 7.88. The van der Waals surface area contributed by atoms with Gasteiger partial charge in [0, 0.05) is 39.4 Å². The van der Waals surface area contributed by atoms with Gasteiger partial charge >= 0.3 is 6.03 Å². The van der Waals surface area contributed by atoms with Crippen molar-refractivity contribution in [3.8, 4) is 0 Å². The third-order valence-electron chi connectivity index (χ3n) is 2.29. The number of hydrogen-bond acceptors (Lipinski definition) is 4. The fraction of sp³-hybridized carbons (Fsp3) is 0.909. The van der Waals surface area contributed by atoms with Gasteiger partial charge in [0.15, 0.2) is 0 Å². The molecule has 0 saturated carbocycles. The van der Waals surface area contributed by atoms with Crippen molar-refractivity contribution < 1.29 is 17.9 Å². The Kier molecular flexibility index (Phi) is 8.70. The Bertz CT molecular complexity index is 357. The summed E-state index contributed by atoms with van der Waals surface area (Å²) in [7, 11) is -1.69. The zero-order valence-corrected chi connectivity index (χ0v) is 12.9. The molecule has 0 rings (SSSR count). The summed E-state index contributed by atoms with van der Waals surface area (Å²) in [5.41, 5.74) is 0. The van der Waals surface area contributed by atoms with E-state index in [0.29, 0.717) is 19.6 Å². The third-order valence-corrected chi connectivity index (χ3v) is 3.59. The molecule has 0 atom stereocenters. The Morgan fingerprint density at radius 3 is 2.42 bits per heavy atom. The maximum Gasteiger partial charge on any atom is 0.315 e. The van der Waals surface area contributed by atoms with Crippen LogP contribution in [0.2, 0.25) is 0 Å². The molecule has 0 spiro atoms. The Morgan fingerprint density at radius 2 is 1.95 bits per heavy atom. The predicted molar refractivity (Wildman–Crippen MR) is 74.6 cm³/mol. The average Bonchev–Trinajstić information content (AvgIpc) is 2.24. The fourth-order valence-corrected chi connectivity index (χ4v) is 2.32. The first kappa shape index (κ1) is 18.1. The molecule has 0 radical (unpaired) electrons. The summed E-state index contributed by atoms with van der Waals surface area (Å²) in [6.45, 7) is 5.14. The van der Waals surface area contributed by atoms with E-state index < -0.39 is 10.0 Å². The second kappa shape index (κ2) is 9.11. The van der Waals surface area contributed by atoms with Crippen LogP contribution in [0, 0.1) is 0 Å². The van der Waals surface area contributed by atoms with Crippen LogP contribution in [-0.2, 0) is 14.8 Å². The van der Waals surface area contributed by atoms with Crippen LogP contribution in [-0.4, -0.2) is 64.4 Å². The number of ether oxygens (including phenoxy) is 1. The van der Waals surface area contributed by atoms with Gasteiger partial charge in [-0.25, -0.2) is 17.5 Å². The maximum atomic E-state index is 11.5. The summed E-state index contributed by atoms with van der Waals surface area (Å²) in [6, 6.07) is -0.243. The van der Waals surface area contributed by atoms with E-state index in [-0.39, 0.29) is 25.2 Å². The quantitative estimate of drug-likeness (QED) is 0.586. The molecule has 19 heavy (non-hydrogen) atoms. The SMILES string of the molecule is COCCCN(CCNC(=O)NC(C)C)S(C)(=O)=O. The molecule has 0 unspecified atom stereocenters. The normalized spacial score (nSPS) is 11.9. The molecule has 0 heterocycles. The molecule has 0 aliphatic rings. The first-order valence-electron chi connectivity index (χ1n) is 6.25. The van der Waals surface area contributed by atoms with Crippen LogP contribution < -0.4 is 10.6 Å². The van der Waals surface area contributed by atoms with E-state index >= 15 is 0 Å². The van der Waals surface area contributed by atoms with Gasteiger partial charge in [-0.05, 0) is 20.3 Å². The van der Waals surface area contributed by atoms with Crippen molar-refractivity contribution >= 4 is 16.1 Å². The smallest absolute Gasteiger partial charge is 0.315 e. The lowest BCUT2D eigenvalue weighted by Gasteiger charge is -2.20. The van der Waals surface area contributed by atoms with Gasteiger partial charge in [0.1, 0.15) is 0 Å². The van der Waals surface area contributed by atoms with Crippen LogP contribution in [0.5, 0.6) is 0 Å². The minimum atomic E-state index is -3.26. The summed E-state index contributed by atoms with van der Waals surface area (Å²) in [5, 5.41) is 5.29. The number of amides is 2. The molecule has 0 bridgehead atoms. The second-order valence-corrected chi connectivity index (χ2v) is 6.55. The molecule has 8 heteroatoms. The van der Waals surface area contributed by atoms with E-state index in [0.717, 1.165) is 6.26 Å². The number of carbonyl (C=O) groups excluding carboxylic acids is 1. The highest BCUT2D eigenvalue weighted by Gasteiger charge is 2.15. The molecular weight excluding hydrogens is 270 g/mol. The van der Waals surface area contributed by atoms with Crippen molar-refractivity contribution in [2.24, 2.45) is 0 Å². The molecule has 0 fully saturated rings. The van der Waals surface area contributed by atoms with E-state index in [9.17, 15) is 13.2 Å². The van der Waals surface area contributed by atoms with Gasteiger partial charge < -0.3 is 15.4 Å². The zero-order chi connectivity index (χ0) is 14.9. The van der Waals surface area contributed by atoms with Gasteiger partial charge in [0.05, 0.1) is 6.26 Å². The Morgan fingerprint density at radius 1 is 1.32 bits per heavy atom. The van der Waals surface area contributed by atoms with Crippen molar-refractivity contribution in [1.82, 2.24) is 14.9 Å². The maximum absolute atomic E-state index is 11.5. The summed E-state index contributed by atoms with van der Waals surface area (Å²) in [6.07, 6.45) is 1.79. The van der Waals surface area contributed by atoms with Gasteiger partial charge in [0.25, 0.3) is 0 Å². The van der Waals surface area contributed by atoms with Crippen molar-refractivity contribution in [1.29, 1.82) is 0 Å². The summed E-state index contributed by atoms with van der Waals surface area (Å²) in [5.74, 6) is 0. The lowest BCUT2D eigenvalue weighted by Crippen LogP contribution is -2.44. The third kappa shape index (κ3) is 9.69. The highest BCUT2D eigenvalue weighted by atomic mass is 32.2. The molecule has 7 nitrogen and oxygen atoms in total. The Hall–Kier alpha value is -0.860. The summed E-state index contributed by atoms with van der Waals surface area (Å²) in [4.78, 5) is 11.3. The molecular formula is C11H25N3O4S. The number of carbonyl (C=O) groups is 1. The molecule has 0 aliphatic heterocycles. The average molecular weight is 295 g/mol. The van der Waals surface area contributed by atoms with E-state index in [4.69, 9.17) is 4.74 Å². The summed E-state index contributed by atoms with van der Waals surface area (Å²) >= 11 is 0. The number of hydrogen-bond donors (Lipinski definition) is 2. The van der Waals surface area contributed by atoms with E-state index in [1.54, 1.807) is 7.11 Å². The lowest BCUT2D eigenvalue weighted by atomic mass is 10.4. The molecule has 0 aromatic rings. The largest absolute Gasteiger partial charge is 0.385 e. The number of nitrogens with zero attached hydrogens (tertiary/aromatic N) is 1. The topological polar surface area (TPSA) is 87.7 Å². The molecule has 2 N–H and O–H groups in total. The highest BCUT2D eigenvalue weighted by Crippen LogP contribution is 1.99. The van der Waals surface area contributed by atoms with E-state index in [2.05, 4.69) is 10.6 Å². The number of sulfonamides is 1. The first-order valence-corrected chi connectivity index (χ1v) is 8.10. The first-order chi connectivity index (χ1) is 8.77. The van der Waals surface area contributed by atoms with E-state index in [1.165, 1.54) is 4.31 Å². The Balaban J connectivity index is 4.10. The van der Waals surface area contributed by atoms with Crippen LogP contribution >= 0.6 is 0 Å². The van der Waals surface area contributed by atoms with Crippen LogP contribution in [0.1, 0.15) is 20.3 Å². The minimum absolute atomic E-state index is 0.0488. The molecule has 0 aromatic heterocycles. The zero-order valence-electron chi connectivity index (χ0n) is 12.1. The molecule has 0 saturated heterocycles. The monoisotopic (exact) mass is 295 g/mol. The van der Waals surface area contributed by atoms with Crippen molar-refractivity contribution in [2.75, 3.05) is 39.6 Å². The molecule has 2 amide bonds. The molecule has 0 aromatic carbocycles. The van der Waals surface area contributed by atoms with Crippen LogP contribution in [0.15, 0.2) is 0 Å². The molecule has 0 aliphatic carbocycles. The number of nitrogens with one attached hydrogen (secondary N) is 2. The number of rotatable bonds is 9. The lowest BCUT2D eigenvalue weighted by molar-refractivity contribution is 0.187. The van der Waals surface area contributed by atoms with E-state index in [1.807, 2.05) is 13.8 Å². The van der Waals surface area contributed by atoms with Gasteiger partial charge in [-0.1, -0.05) is 0 Å². The number of methoxy groups -OCH3 is 1. The van der Waals surface area contributed by atoms with Gasteiger partial charge in [-0.15, -0.1) is 0 Å². The summed E-state index contributed by atoms with van der Waals surface area (Å²) < 4.78 is 29.3. The number of urea groups is 1. The van der Waals surface area contributed by atoms with Crippen LogP contribution in [0.4, 0.5) is 4.79 Å². The fourth-order valence-electron chi connectivity index (χ4n) is 1.44. The van der Waals surface area contributed by atoms with Gasteiger partial charge in [-0.2, -0.15) is 0 Å². The minimum Gasteiger partial charge on any atom is -0.385 e.